The van der Waals surface area contributed by atoms with E-state index in [0.717, 1.165) is 17.7 Å². The first-order valence-electron chi connectivity index (χ1n) is 7.58. The van der Waals surface area contributed by atoms with Gasteiger partial charge in [0.05, 0.1) is 0 Å². The van der Waals surface area contributed by atoms with Gasteiger partial charge in [-0.1, -0.05) is 28.8 Å². The average molecular weight is 302 g/mol. The standard InChI is InChI=1S/C16H22N4S/c1-19-9-11-20(12-10-19)8-2-3-14-4-6-15(7-5-14)16-13-21-18-17-16/h4-7,13H,2-3,8-12H2,1H3. The monoisotopic (exact) mass is 302 g/mol. The fraction of sp³-hybridized carbons (Fsp3) is 0.500. The predicted molar refractivity (Wildman–Crippen MR) is 87.6 cm³/mol. The van der Waals surface area contributed by atoms with Crippen LogP contribution >= 0.6 is 11.5 Å². The molecule has 0 spiro atoms. The first-order valence-corrected chi connectivity index (χ1v) is 8.42. The summed E-state index contributed by atoms with van der Waals surface area (Å²) in [4.78, 5) is 4.98. The van der Waals surface area contributed by atoms with Gasteiger partial charge in [0.2, 0.25) is 0 Å². The minimum absolute atomic E-state index is 0.976. The van der Waals surface area contributed by atoms with E-state index in [9.17, 15) is 0 Å². The van der Waals surface area contributed by atoms with E-state index in [4.69, 9.17) is 0 Å². The lowest BCUT2D eigenvalue weighted by Crippen LogP contribution is -2.44. The van der Waals surface area contributed by atoms with Crippen LogP contribution in [-0.4, -0.2) is 59.2 Å². The average Bonchev–Trinajstić information content (AvgIpc) is 3.04. The zero-order valence-corrected chi connectivity index (χ0v) is 13.4. The summed E-state index contributed by atoms with van der Waals surface area (Å²) in [7, 11) is 2.21. The fourth-order valence-electron chi connectivity index (χ4n) is 2.71. The SMILES string of the molecule is CN1CCN(CCCc2ccc(-c3csnn3)cc2)CC1. The summed E-state index contributed by atoms with van der Waals surface area (Å²) in [6.07, 6.45) is 2.39. The van der Waals surface area contributed by atoms with E-state index in [1.54, 1.807) is 0 Å². The second-order valence-corrected chi connectivity index (χ2v) is 6.35. The molecule has 0 aliphatic carbocycles. The van der Waals surface area contributed by atoms with Crippen LogP contribution in [0.1, 0.15) is 12.0 Å². The summed E-state index contributed by atoms with van der Waals surface area (Å²) in [6.45, 7) is 6.05. The van der Waals surface area contributed by atoms with E-state index in [2.05, 4.69) is 50.7 Å². The molecule has 1 aromatic heterocycles. The second-order valence-electron chi connectivity index (χ2n) is 5.74. The zero-order chi connectivity index (χ0) is 14.5. The Morgan fingerprint density at radius 1 is 1.10 bits per heavy atom. The Hall–Kier alpha value is -1.30. The van der Waals surface area contributed by atoms with E-state index in [1.165, 1.54) is 56.2 Å². The third-order valence-electron chi connectivity index (χ3n) is 4.15. The van der Waals surface area contributed by atoms with Crippen LogP contribution in [-0.2, 0) is 6.42 Å². The molecule has 0 N–H and O–H groups in total. The number of hydrogen-bond donors (Lipinski definition) is 0. The van der Waals surface area contributed by atoms with Gasteiger partial charge in [0, 0.05) is 37.1 Å². The summed E-state index contributed by atoms with van der Waals surface area (Å²) >= 11 is 1.40. The van der Waals surface area contributed by atoms with Gasteiger partial charge in [0.25, 0.3) is 0 Å². The molecule has 3 rings (SSSR count). The summed E-state index contributed by atoms with van der Waals surface area (Å²) in [5, 5.41) is 6.09. The molecule has 0 radical (unpaired) electrons. The maximum Gasteiger partial charge on any atom is 0.105 e. The van der Waals surface area contributed by atoms with Crippen LogP contribution in [0.5, 0.6) is 0 Å². The van der Waals surface area contributed by atoms with Crippen molar-refractivity contribution in [2.75, 3.05) is 39.8 Å². The van der Waals surface area contributed by atoms with Crippen molar-refractivity contribution in [3.05, 3.63) is 35.2 Å². The summed E-state index contributed by atoms with van der Waals surface area (Å²) in [5.41, 5.74) is 3.55. The van der Waals surface area contributed by atoms with Crippen molar-refractivity contribution in [3.8, 4) is 11.3 Å². The van der Waals surface area contributed by atoms with Crippen LogP contribution in [0.3, 0.4) is 0 Å². The topological polar surface area (TPSA) is 32.3 Å². The lowest BCUT2D eigenvalue weighted by atomic mass is 10.1. The molecule has 0 unspecified atom stereocenters. The van der Waals surface area contributed by atoms with Gasteiger partial charge in [0.15, 0.2) is 0 Å². The second kappa shape index (κ2) is 7.11. The van der Waals surface area contributed by atoms with Crippen LogP contribution in [0.4, 0.5) is 0 Å². The number of hydrogen-bond acceptors (Lipinski definition) is 5. The van der Waals surface area contributed by atoms with Crippen LogP contribution < -0.4 is 0 Å². The molecule has 0 amide bonds. The number of rotatable bonds is 5. The molecule has 112 valence electrons. The molecule has 2 heterocycles. The minimum Gasteiger partial charge on any atom is -0.304 e. The van der Waals surface area contributed by atoms with E-state index < -0.39 is 0 Å². The highest BCUT2D eigenvalue weighted by Crippen LogP contribution is 2.18. The van der Waals surface area contributed by atoms with Crippen molar-refractivity contribution in [2.45, 2.75) is 12.8 Å². The van der Waals surface area contributed by atoms with E-state index in [0.29, 0.717) is 0 Å². The molecule has 1 aromatic carbocycles. The first kappa shape index (κ1) is 14.6. The quantitative estimate of drug-likeness (QED) is 0.849. The van der Waals surface area contributed by atoms with Crippen molar-refractivity contribution >= 4 is 11.5 Å². The van der Waals surface area contributed by atoms with E-state index in [1.807, 2.05) is 5.38 Å². The van der Waals surface area contributed by atoms with Gasteiger partial charge in [-0.2, -0.15) is 0 Å². The normalized spacial score (nSPS) is 17.2. The lowest BCUT2D eigenvalue weighted by Gasteiger charge is -2.32. The highest BCUT2D eigenvalue weighted by atomic mass is 32.1. The summed E-state index contributed by atoms with van der Waals surface area (Å²) in [5.74, 6) is 0. The van der Waals surface area contributed by atoms with Crippen molar-refractivity contribution in [3.63, 3.8) is 0 Å². The van der Waals surface area contributed by atoms with Gasteiger partial charge < -0.3 is 9.80 Å². The fourth-order valence-corrected chi connectivity index (χ4v) is 3.18. The van der Waals surface area contributed by atoms with E-state index in [-0.39, 0.29) is 0 Å². The molecule has 5 heteroatoms. The number of benzene rings is 1. The lowest BCUT2D eigenvalue weighted by molar-refractivity contribution is 0.153. The van der Waals surface area contributed by atoms with Gasteiger partial charge in [-0.15, -0.1) is 5.10 Å². The Kier molecular flexibility index (Phi) is 4.95. The van der Waals surface area contributed by atoms with Gasteiger partial charge in [-0.25, -0.2) is 0 Å². The smallest absolute Gasteiger partial charge is 0.105 e. The van der Waals surface area contributed by atoms with Crippen LogP contribution in [0.2, 0.25) is 0 Å². The number of likely N-dealkylation sites (N-methyl/N-ethyl adjacent to an activating group) is 1. The molecule has 2 aromatic rings. The molecule has 0 bridgehead atoms. The number of piperazine rings is 1. The van der Waals surface area contributed by atoms with Crippen molar-refractivity contribution in [1.29, 1.82) is 0 Å². The molecule has 1 aliphatic heterocycles. The van der Waals surface area contributed by atoms with Gasteiger partial charge in [-0.05, 0) is 43.5 Å². The highest BCUT2D eigenvalue weighted by Gasteiger charge is 2.12. The van der Waals surface area contributed by atoms with Crippen LogP contribution in [0.15, 0.2) is 29.6 Å². The molecule has 1 fully saturated rings. The molecule has 1 saturated heterocycles. The molecule has 0 saturated carbocycles. The molecule has 1 aliphatic rings. The third kappa shape index (κ3) is 4.09. The Balaban J connectivity index is 1.45. The van der Waals surface area contributed by atoms with Gasteiger partial charge >= 0.3 is 0 Å². The molecule has 4 nitrogen and oxygen atoms in total. The molecule has 21 heavy (non-hydrogen) atoms. The molecular formula is C16H22N4S. The number of nitrogens with zero attached hydrogens (tertiary/aromatic N) is 4. The Bertz CT molecular complexity index is 530. The maximum absolute atomic E-state index is 4.10. The van der Waals surface area contributed by atoms with Crippen LogP contribution in [0.25, 0.3) is 11.3 Å². The summed E-state index contributed by atoms with van der Waals surface area (Å²) in [6, 6.07) is 8.75. The number of aryl methyl sites for hydroxylation is 1. The van der Waals surface area contributed by atoms with Crippen molar-refractivity contribution in [2.24, 2.45) is 0 Å². The van der Waals surface area contributed by atoms with Crippen molar-refractivity contribution < 1.29 is 0 Å². The van der Waals surface area contributed by atoms with Crippen LogP contribution in [0, 0.1) is 0 Å². The molecule has 0 atom stereocenters. The Labute approximate surface area is 130 Å². The Morgan fingerprint density at radius 3 is 2.52 bits per heavy atom. The highest BCUT2D eigenvalue weighted by molar-refractivity contribution is 7.03. The van der Waals surface area contributed by atoms with Gasteiger partial charge in [-0.3, -0.25) is 0 Å². The first-order chi connectivity index (χ1) is 10.3. The maximum atomic E-state index is 4.10. The minimum atomic E-state index is 0.976. The van der Waals surface area contributed by atoms with E-state index >= 15 is 0 Å². The largest absolute Gasteiger partial charge is 0.304 e. The zero-order valence-electron chi connectivity index (χ0n) is 12.5. The Morgan fingerprint density at radius 2 is 1.86 bits per heavy atom. The molecular weight excluding hydrogens is 280 g/mol. The predicted octanol–water partition coefficient (Wildman–Crippen LogP) is 2.39. The number of aromatic nitrogens is 2. The third-order valence-corrected chi connectivity index (χ3v) is 4.65. The van der Waals surface area contributed by atoms with Crippen molar-refractivity contribution in [1.82, 2.24) is 19.4 Å². The summed E-state index contributed by atoms with van der Waals surface area (Å²) < 4.78 is 3.91. The van der Waals surface area contributed by atoms with Gasteiger partial charge in [0.1, 0.15) is 5.69 Å².